The van der Waals surface area contributed by atoms with Gasteiger partial charge in [-0.05, 0) is 30.2 Å². The second-order valence-electron chi connectivity index (χ2n) is 6.58. The second kappa shape index (κ2) is 7.04. The minimum absolute atomic E-state index is 0.148. The van der Waals surface area contributed by atoms with E-state index >= 15 is 0 Å². The van der Waals surface area contributed by atoms with E-state index in [0.717, 1.165) is 46.6 Å². The van der Waals surface area contributed by atoms with Gasteiger partial charge in [-0.15, -0.1) is 0 Å². The van der Waals surface area contributed by atoms with Crippen LogP contribution in [0.25, 0.3) is 11.3 Å². The Morgan fingerprint density at radius 2 is 2.04 bits per heavy atom. The first kappa shape index (κ1) is 16.4. The maximum absolute atomic E-state index is 12.3. The molecule has 5 heteroatoms. The molecule has 0 saturated carbocycles. The zero-order chi connectivity index (χ0) is 17.9. The molecule has 1 aromatic heterocycles. The third kappa shape index (κ3) is 3.08. The first-order chi connectivity index (χ1) is 12.8. The van der Waals surface area contributed by atoms with E-state index in [2.05, 4.69) is 40.6 Å². The number of benzene rings is 2. The highest BCUT2D eigenvalue weighted by molar-refractivity contribution is 5.98. The lowest BCUT2D eigenvalue weighted by atomic mass is 10.1. The van der Waals surface area contributed by atoms with Crippen molar-refractivity contribution >= 4 is 11.6 Å². The fraction of sp³-hybridized carbons (Fsp3) is 0.238. The number of aromatic amines is 1. The number of rotatable bonds is 6. The van der Waals surface area contributed by atoms with Crippen LogP contribution in [0.1, 0.15) is 34.8 Å². The molecule has 0 bridgehead atoms. The van der Waals surface area contributed by atoms with Crippen LogP contribution in [0.3, 0.4) is 0 Å². The Kier molecular flexibility index (Phi) is 4.44. The number of carbonyl (C=O) groups is 1. The van der Waals surface area contributed by atoms with E-state index in [9.17, 15) is 4.79 Å². The number of nitrogens with one attached hydrogen (secondary N) is 2. The largest absolute Gasteiger partial charge is 0.381 e. The van der Waals surface area contributed by atoms with Crippen LogP contribution in [-0.4, -0.2) is 27.5 Å². The van der Waals surface area contributed by atoms with E-state index in [1.165, 1.54) is 0 Å². The molecule has 0 saturated heterocycles. The van der Waals surface area contributed by atoms with Crippen LogP contribution < -0.4 is 5.32 Å². The van der Waals surface area contributed by atoms with Gasteiger partial charge in [0.25, 0.3) is 5.91 Å². The summed E-state index contributed by atoms with van der Waals surface area (Å²) in [6, 6.07) is 16.2. The number of hydrogen-bond donors (Lipinski definition) is 2. The van der Waals surface area contributed by atoms with Gasteiger partial charge in [0.05, 0.1) is 5.69 Å². The molecule has 5 nitrogen and oxygen atoms in total. The Morgan fingerprint density at radius 1 is 1.19 bits per heavy atom. The van der Waals surface area contributed by atoms with Crippen molar-refractivity contribution in [3.63, 3.8) is 0 Å². The van der Waals surface area contributed by atoms with Crippen molar-refractivity contribution < 1.29 is 4.79 Å². The minimum atomic E-state index is 0.148. The van der Waals surface area contributed by atoms with Crippen LogP contribution >= 0.6 is 0 Å². The topological polar surface area (TPSA) is 61.0 Å². The first-order valence-corrected chi connectivity index (χ1v) is 9.00. The van der Waals surface area contributed by atoms with Crippen molar-refractivity contribution in [3.05, 3.63) is 71.4 Å². The molecule has 0 fully saturated rings. The number of nitrogens with zero attached hydrogens (tertiary/aromatic N) is 2. The van der Waals surface area contributed by atoms with Gasteiger partial charge in [-0.1, -0.05) is 37.3 Å². The third-order valence-electron chi connectivity index (χ3n) is 4.73. The molecule has 132 valence electrons. The highest BCUT2D eigenvalue weighted by Crippen LogP contribution is 2.27. The van der Waals surface area contributed by atoms with Crippen molar-refractivity contribution in [2.75, 3.05) is 11.9 Å². The zero-order valence-electron chi connectivity index (χ0n) is 14.8. The Labute approximate surface area is 153 Å². The van der Waals surface area contributed by atoms with Gasteiger partial charge < -0.3 is 10.2 Å². The van der Waals surface area contributed by atoms with Crippen molar-refractivity contribution in [2.24, 2.45) is 0 Å². The van der Waals surface area contributed by atoms with E-state index in [4.69, 9.17) is 0 Å². The highest BCUT2D eigenvalue weighted by Gasteiger charge is 2.26. The molecule has 1 amide bonds. The Bertz CT molecular complexity index is 917. The predicted octanol–water partition coefficient (Wildman–Crippen LogP) is 4.05. The summed E-state index contributed by atoms with van der Waals surface area (Å²) in [6.45, 7) is 4.29. The summed E-state index contributed by atoms with van der Waals surface area (Å²) in [5.74, 6) is 0.148. The molecular weight excluding hydrogens is 324 g/mol. The van der Waals surface area contributed by atoms with E-state index in [0.29, 0.717) is 13.1 Å². The van der Waals surface area contributed by atoms with E-state index in [-0.39, 0.29) is 5.91 Å². The number of H-pyrrole nitrogens is 1. The number of aromatic nitrogens is 2. The molecule has 1 aliphatic heterocycles. The average Bonchev–Trinajstić information content (AvgIpc) is 3.26. The van der Waals surface area contributed by atoms with Crippen molar-refractivity contribution in [3.8, 4) is 11.3 Å². The lowest BCUT2D eigenvalue weighted by Crippen LogP contribution is -2.24. The van der Waals surface area contributed by atoms with Crippen LogP contribution in [-0.2, 0) is 13.1 Å². The van der Waals surface area contributed by atoms with Crippen LogP contribution in [0.4, 0.5) is 5.69 Å². The molecule has 0 radical (unpaired) electrons. The summed E-state index contributed by atoms with van der Waals surface area (Å²) in [5, 5.41) is 10.8. The van der Waals surface area contributed by atoms with E-state index < -0.39 is 0 Å². The summed E-state index contributed by atoms with van der Waals surface area (Å²) in [7, 11) is 0. The van der Waals surface area contributed by atoms with Crippen LogP contribution in [0.2, 0.25) is 0 Å². The predicted molar refractivity (Wildman–Crippen MR) is 103 cm³/mol. The molecule has 0 spiro atoms. The monoisotopic (exact) mass is 346 g/mol. The van der Waals surface area contributed by atoms with Gasteiger partial charge >= 0.3 is 0 Å². The highest BCUT2D eigenvalue weighted by atomic mass is 16.2. The van der Waals surface area contributed by atoms with Crippen molar-refractivity contribution in [1.82, 2.24) is 15.1 Å². The Hall–Kier alpha value is -3.08. The summed E-state index contributed by atoms with van der Waals surface area (Å²) in [4.78, 5) is 14.3. The molecule has 0 aliphatic carbocycles. The number of carbonyl (C=O) groups excluding carboxylic acids is 1. The van der Waals surface area contributed by atoms with Gasteiger partial charge in [0.2, 0.25) is 0 Å². The van der Waals surface area contributed by atoms with Gasteiger partial charge in [0.15, 0.2) is 0 Å². The Morgan fingerprint density at radius 3 is 2.85 bits per heavy atom. The quantitative estimate of drug-likeness (QED) is 0.708. The average molecular weight is 346 g/mol. The number of hydrogen-bond acceptors (Lipinski definition) is 3. The van der Waals surface area contributed by atoms with Crippen LogP contribution in [0.5, 0.6) is 0 Å². The summed E-state index contributed by atoms with van der Waals surface area (Å²) < 4.78 is 0. The summed E-state index contributed by atoms with van der Waals surface area (Å²) in [6.07, 6.45) is 2.91. The molecule has 1 aliphatic rings. The van der Waals surface area contributed by atoms with Gasteiger partial charge in [-0.3, -0.25) is 9.89 Å². The summed E-state index contributed by atoms with van der Waals surface area (Å²) >= 11 is 0. The number of amides is 1. The lowest BCUT2D eigenvalue weighted by molar-refractivity contribution is 0.0778. The summed E-state index contributed by atoms with van der Waals surface area (Å²) in [5.41, 5.74) is 6.13. The number of anilines is 1. The molecule has 4 rings (SSSR count). The van der Waals surface area contributed by atoms with Gasteiger partial charge in [-0.2, -0.15) is 5.10 Å². The standard InChI is InChI=1S/C21H22N4O/c1-2-10-25-14-16-11-18(8-9-19(16)21(25)26)22-12-17-13-23-24-20(17)15-6-4-3-5-7-15/h3-9,11,13,22H,2,10,12,14H2,1H3,(H,23,24). The molecule has 0 atom stereocenters. The molecular formula is C21H22N4O. The Balaban J connectivity index is 1.49. The van der Waals surface area contributed by atoms with Gasteiger partial charge in [-0.25, -0.2) is 0 Å². The normalized spacial score (nSPS) is 13.1. The van der Waals surface area contributed by atoms with Crippen LogP contribution in [0.15, 0.2) is 54.7 Å². The minimum Gasteiger partial charge on any atom is -0.381 e. The van der Waals surface area contributed by atoms with Crippen molar-refractivity contribution in [2.45, 2.75) is 26.4 Å². The second-order valence-corrected chi connectivity index (χ2v) is 6.58. The van der Waals surface area contributed by atoms with Crippen molar-refractivity contribution in [1.29, 1.82) is 0 Å². The van der Waals surface area contributed by atoms with E-state index in [1.54, 1.807) is 0 Å². The molecule has 2 heterocycles. The molecule has 2 aromatic carbocycles. The maximum atomic E-state index is 12.3. The molecule has 0 unspecified atom stereocenters. The molecule has 2 N–H and O–H groups in total. The lowest BCUT2D eigenvalue weighted by Gasteiger charge is -2.13. The van der Waals surface area contributed by atoms with Gasteiger partial charge in [0, 0.05) is 48.2 Å². The fourth-order valence-corrected chi connectivity index (χ4v) is 3.43. The molecule has 3 aromatic rings. The third-order valence-corrected chi connectivity index (χ3v) is 4.73. The maximum Gasteiger partial charge on any atom is 0.254 e. The van der Waals surface area contributed by atoms with Gasteiger partial charge in [0.1, 0.15) is 0 Å². The van der Waals surface area contributed by atoms with E-state index in [1.807, 2.05) is 41.4 Å². The smallest absolute Gasteiger partial charge is 0.254 e. The number of fused-ring (bicyclic) bond motifs is 1. The first-order valence-electron chi connectivity index (χ1n) is 9.00. The molecule has 26 heavy (non-hydrogen) atoms. The van der Waals surface area contributed by atoms with Crippen LogP contribution in [0, 0.1) is 0 Å². The fourth-order valence-electron chi connectivity index (χ4n) is 3.43. The SMILES string of the molecule is CCCN1Cc2cc(NCc3c[nH]nc3-c3ccccc3)ccc2C1=O. The zero-order valence-corrected chi connectivity index (χ0v) is 14.8.